The van der Waals surface area contributed by atoms with E-state index in [9.17, 15) is 0 Å². The molecule has 0 heterocycles. The van der Waals surface area contributed by atoms with Crippen molar-refractivity contribution in [2.75, 3.05) is 0 Å². The molecule has 2 unspecified atom stereocenters. The van der Waals surface area contributed by atoms with Crippen LogP contribution in [0.3, 0.4) is 0 Å². The molecule has 33 heavy (non-hydrogen) atoms. The summed E-state index contributed by atoms with van der Waals surface area (Å²) < 4.78 is 0.607. The van der Waals surface area contributed by atoms with Crippen LogP contribution in [0.1, 0.15) is 109 Å². The predicted octanol–water partition coefficient (Wildman–Crippen LogP) is 4.13. The zero-order valence-corrected chi connectivity index (χ0v) is 27.5. The third-order valence-corrected chi connectivity index (χ3v) is 15.1. The van der Waals surface area contributed by atoms with E-state index >= 15 is 0 Å². The Morgan fingerprint density at radius 2 is 0.939 bits per heavy atom. The molecule has 0 amide bonds. The standard InChI is InChI=1S/2C15H25.2ClH.Zr/c2*1-7-15(8-2,11(3)4)14-10-9-12(5)13(14)6;;;/h2*9-11H,7-8H2,1-6H3;2*1H;/q;;;;+2/p-2. The van der Waals surface area contributed by atoms with Crippen LogP contribution in [0.2, 0.25) is 6.25 Å². The molecular weight excluding hydrogens is 522 g/mol. The first-order chi connectivity index (χ1) is 14.3. The van der Waals surface area contributed by atoms with Crippen molar-refractivity contribution in [1.82, 2.24) is 0 Å². The fourth-order valence-corrected chi connectivity index (χ4v) is 12.0. The van der Waals surface area contributed by atoms with Gasteiger partial charge in [0.2, 0.25) is 0 Å². The topological polar surface area (TPSA) is 0 Å². The molecule has 0 saturated carbocycles. The van der Waals surface area contributed by atoms with Gasteiger partial charge in [-0.15, -0.1) is 0 Å². The molecule has 0 nitrogen and oxygen atoms in total. The third kappa shape index (κ3) is 5.42. The number of allylic oxidation sites excluding steroid dienone is 8. The van der Waals surface area contributed by atoms with E-state index in [0.29, 0.717) is 28.9 Å². The molecule has 0 bridgehead atoms. The smallest absolute Gasteiger partial charge is 1.00 e. The molecule has 3 heteroatoms. The molecule has 188 valence electrons. The Kier molecular flexibility index (Phi) is 12.3. The maximum atomic E-state index is 2.62. The van der Waals surface area contributed by atoms with Crippen molar-refractivity contribution in [2.24, 2.45) is 22.7 Å². The van der Waals surface area contributed by atoms with Gasteiger partial charge in [0.25, 0.3) is 0 Å². The Balaban J connectivity index is 0.00000512. The van der Waals surface area contributed by atoms with Crippen molar-refractivity contribution in [1.29, 1.82) is 0 Å². The number of halogens is 2. The molecule has 0 aromatic carbocycles. The summed E-state index contributed by atoms with van der Waals surface area (Å²) in [6.45, 7) is 29.4. The van der Waals surface area contributed by atoms with Crippen molar-refractivity contribution >= 4 is 0 Å². The van der Waals surface area contributed by atoms with Crippen LogP contribution in [0.4, 0.5) is 0 Å². The average Bonchev–Trinajstić information content (AvgIpc) is 3.16. The van der Waals surface area contributed by atoms with E-state index in [1.807, 2.05) is 0 Å². The fourth-order valence-electron chi connectivity index (χ4n) is 6.97. The molecule has 2 aliphatic rings. The molecule has 2 aliphatic carbocycles. The van der Waals surface area contributed by atoms with Crippen LogP contribution < -0.4 is 24.8 Å². The molecule has 2 rings (SSSR count). The average molecular weight is 573 g/mol. The quantitative estimate of drug-likeness (QED) is 0.369. The first-order valence-corrected chi connectivity index (χ1v) is 15.4. The summed E-state index contributed by atoms with van der Waals surface area (Å²) in [5.41, 5.74) is 7.38. The monoisotopic (exact) mass is 570 g/mol. The summed E-state index contributed by atoms with van der Waals surface area (Å²) in [4.78, 5) is 0. The molecular formula is C30H50Cl2Zr. The van der Waals surface area contributed by atoms with Gasteiger partial charge in [0, 0.05) is 0 Å². The summed E-state index contributed by atoms with van der Waals surface area (Å²) >= 11 is -0.840. The minimum absolute atomic E-state index is 0. The normalized spacial score (nSPS) is 25.2. The molecule has 0 aromatic heterocycles. The van der Waals surface area contributed by atoms with Gasteiger partial charge in [-0.05, 0) is 0 Å². The van der Waals surface area contributed by atoms with Crippen molar-refractivity contribution in [2.45, 2.75) is 115 Å². The maximum Gasteiger partial charge on any atom is -1.00 e. The van der Waals surface area contributed by atoms with Crippen molar-refractivity contribution in [3.05, 3.63) is 46.6 Å². The van der Waals surface area contributed by atoms with Gasteiger partial charge in [-0.3, -0.25) is 0 Å². The molecule has 0 spiro atoms. The van der Waals surface area contributed by atoms with Crippen LogP contribution in [-0.2, 0) is 23.2 Å². The van der Waals surface area contributed by atoms with E-state index in [1.165, 1.54) is 25.7 Å². The van der Waals surface area contributed by atoms with E-state index in [0.717, 1.165) is 0 Å². The van der Waals surface area contributed by atoms with Crippen LogP contribution in [0.25, 0.3) is 0 Å². The third-order valence-electron chi connectivity index (χ3n) is 9.86. The van der Waals surface area contributed by atoms with Gasteiger partial charge >= 0.3 is 208 Å². The molecule has 0 saturated heterocycles. The Morgan fingerprint density at radius 3 is 1.15 bits per heavy atom. The van der Waals surface area contributed by atoms with Crippen LogP contribution in [0.5, 0.6) is 0 Å². The second-order valence-corrected chi connectivity index (χ2v) is 17.0. The zero-order valence-electron chi connectivity index (χ0n) is 23.5. The number of rotatable bonds is 10. The van der Waals surface area contributed by atoms with Crippen molar-refractivity contribution in [3.63, 3.8) is 0 Å². The van der Waals surface area contributed by atoms with Gasteiger partial charge < -0.3 is 24.8 Å². The van der Waals surface area contributed by atoms with E-state index in [-0.39, 0.29) is 24.8 Å². The molecule has 2 atom stereocenters. The first kappa shape index (κ1) is 33.4. The zero-order chi connectivity index (χ0) is 23.8. The number of hydrogen-bond acceptors (Lipinski definition) is 0. The second kappa shape index (κ2) is 12.1. The summed E-state index contributed by atoms with van der Waals surface area (Å²) in [5, 5.41) is 0. The second-order valence-electron chi connectivity index (χ2n) is 11.3. The number of hydrogen-bond donors (Lipinski definition) is 0. The Bertz CT molecular complexity index is 724. The predicted molar refractivity (Wildman–Crippen MR) is 136 cm³/mol. The fraction of sp³-hybridized carbons (Fsp3) is 0.733. The van der Waals surface area contributed by atoms with Crippen molar-refractivity contribution < 1.29 is 48.0 Å². The molecule has 0 aliphatic heterocycles. The van der Waals surface area contributed by atoms with E-state index in [1.54, 1.807) is 22.3 Å². The Labute approximate surface area is 231 Å². The van der Waals surface area contributed by atoms with Crippen LogP contribution >= 0.6 is 0 Å². The molecule has 0 radical (unpaired) electrons. The minimum Gasteiger partial charge on any atom is -1.00 e. The maximum absolute atomic E-state index is 2.62. The van der Waals surface area contributed by atoms with Gasteiger partial charge in [-0.1, -0.05) is 0 Å². The van der Waals surface area contributed by atoms with Crippen LogP contribution in [0, 0.1) is 22.7 Å². The summed E-state index contributed by atoms with van der Waals surface area (Å²) in [6, 6.07) is 0. The minimum atomic E-state index is -0.840. The van der Waals surface area contributed by atoms with Gasteiger partial charge in [0.15, 0.2) is 0 Å². The van der Waals surface area contributed by atoms with Gasteiger partial charge in [0.05, 0.1) is 0 Å². The van der Waals surface area contributed by atoms with Gasteiger partial charge in [-0.25, -0.2) is 0 Å². The summed E-state index contributed by atoms with van der Waals surface area (Å²) in [6.07, 6.45) is 15.3. The van der Waals surface area contributed by atoms with Crippen molar-refractivity contribution in [3.8, 4) is 0 Å². The van der Waals surface area contributed by atoms with E-state index in [2.05, 4.69) is 107 Å². The van der Waals surface area contributed by atoms with Crippen LogP contribution in [-0.4, -0.2) is 0 Å². The largest absolute Gasteiger partial charge is 1.00 e. The SMILES string of the molecule is CCC(CC)(C1=C(C)[C](C)([Zr+2][C]2(C)C=CC(C(CC)(CC)C(C)C)=C2C)C=C1)C(C)C.[Cl-].[Cl-]. The first-order valence-electron chi connectivity index (χ1n) is 13.0. The summed E-state index contributed by atoms with van der Waals surface area (Å²) in [5.74, 6) is 1.36. The Morgan fingerprint density at radius 1 is 0.667 bits per heavy atom. The molecule has 0 fully saturated rings. The van der Waals surface area contributed by atoms with E-state index in [4.69, 9.17) is 0 Å². The van der Waals surface area contributed by atoms with Crippen LogP contribution in [0.15, 0.2) is 46.6 Å². The molecule has 0 N–H and O–H groups in total. The van der Waals surface area contributed by atoms with Gasteiger partial charge in [0.1, 0.15) is 0 Å². The molecule has 0 aromatic rings. The van der Waals surface area contributed by atoms with Gasteiger partial charge in [-0.2, -0.15) is 0 Å². The summed E-state index contributed by atoms with van der Waals surface area (Å²) in [7, 11) is 0. The Hall–Kier alpha value is 0.423. The van der Waals surface area contributed by atoms with E-state index < -0.39 is 23.2 Å².